The SMILES string of the molecule is CC(F)(F)C(=O)N[C@H]1CC(=O)N(c2ccc3c(cnn3-c3cccc(C#N)c3)c2)[C@@H]1c1ccccc1. The largest absolute Gasteiger partial charge is 0.345 e. The summed E-state index contributed by atoms with van der Waals surface area (Å²) in [4.78, 5) is 26.8. The number of halogens is 2. The molecule has 0 spiro atoms. The highest BCUT2D eigenvalue weighted by Gasteiger charge is 2.45. The van der Waals surface area contributed by atoms with Crippen LogP contribution >= 0.6 is 0 Å². The van der Waals surface area contributed by atoms with Crippen LogP contribution in [0.25, 0.3) is 16.6 Å². The Hall–Kier alpha value is -4.58. The highest BCUT2D eigenvalue weighted by molar-refractivity contribution is 6.00. The van der Waals surface area contributed by atoms with E-state index in [-0.39, 0.29) is 12.3 Å². The summed E-state index contributed by atoms with van der Waals surface area (Å²) < 4.78 is 29.0. The average molecular weight is 485 g/mol. The summed E-state index contributed by atoms with van der Waals surface area (Å²) in [5.74, 6) is -5.27. The first-order chi connectivity index (χ1) is 17.3. The molecule has 5 rings (SSSR count). The Morgan fingerprint density at radius 2 is 1.86 bits per heavy atom. The molecule has 1 saturated heterocycles. The summed E-state index contributed by atoms with van der Waals surface area (Å²) in [6, 6.07) is 22.1. The van der Waals surface area contributed by atoms with E-state index < -0.39 is 23.9 Å². The van der Waals surface area contributed by atoms with Gasteiger partial charge in [-0.1, -0.05) is 36.4 Å². The van der Waals surface area contributed by atoms with Crippen LogP contribution in [0.3, 0.4) is 0 Å². The molecule has 2 amide bonds. The third kappa shape index (κ3) is 4.18. The van der Waals surface area contributed by atoms with Crippen LogP contribution in [0.15, 0.2) is 79.0 Å². The zero-order valence-electron chi connectivity index (χ0n) is 19.2. The van der Waals surface area contributed by atoms with Crippen molar-refractivity contribution >= 4 is 28.4 Å². The summed E-state index contributed by atoms with van der Waals surface area (Å²) in [7, 11) is 0. The van der Waals surface area contributed by atoms with E-state index in [0.717, 1.165) is 22.2 Å². The number of nitrogens with zero attached hydrogens (tertiary/aromatic N) is 4. The van der Waals surface area contributed by atoms with Crippen molar-refractivity contribution < 1.29 is 18.4 Å². The number of rotatable bonds is 5. The fourth-order valence-electron chi connectivity index (χ4n) is 4.58. The van der Waals surface area contributed by atoms with E-state index in [2.05, 4.69) is 16.5 Å². The zero-order valence-corrected chi connectivity index (χ0v) is 19.2. The Labute approximate surface area is 205 Å². The molecule has 1 aromatic heterocycles. The number of alkyl halides is 2. The second-order valence-corrected chi connectivity index (χ2v) is 8.75. The summed E-state index contributed by atoms with van der Waals surface area (Å²) >= 11 is 0. The van der Waals surface area contributed by atoms with Gasteiger partial charge in [0, 0.05) is 24.4 Å². The Bertz CT molecular complexity index is 1500. The van der Waals surface area contributed by atoms with Gasteiger partial charge in [-0.15, -0.1) is 0 Å². The number of carbonyl (C=O) groups excluding carboxylic acids is 2. The maximum Gasteiger partial charge on any atom is 0.321 e. The van der Waals surface area contributed by atoms with Gasteiger partial charge in [0.2, 0.25) is 5.91 Å². The lowest BCUT2D eigenvalue weighted by molar-refractivity contribution is -0.143. The molecule has 3 aromatic carbocycles. The van der Waals surface area contributed by atoms with Crippen LogP contribution in [0, 0.1) is 11.3 Å². The lowest BCUT2D eigenvalue weighted by Crippen LogP contribution is -2.46. The number of nitrogens with one attached hydrogen (secondary N) is 1. The fourth-order valence-corrected chi connectivity index (χ4v) is 4.58. The summed E-state index contributed by atoms with van der Waals surface area (Å²) in [5, 5.41) is 16.8. The molecule has 1 fully saturated rings. The van der Waals surface area contributed by atoms with E-state index in [1.54, 1.807) is 70.4 Å². The predicted molar refractivity (Wildman–Crippen MR) is 130 cm³/mol. The van der Waals surface area contributed by atoms with Gasteiger partial charge < -0.3 is 10.2 Å². The van der Waals surface area contributed by atoms with E-state index in [1.165, 1.54) is 0 Å². The van der Waals surface area contributed by atoms with Crippen LogP contribution in [0.5, 0.6) is 0 Å². The molecular formula is C27H21F2N5O2. The topological polar surface area (TPSA) is 91.0 Å². The minimum atomic E-state index is -3.56. The third-order valence-electron chi connectivity index (χ3n) is 6.23. The molecule has 36 heavy (non-hydrogen) atoms. The maximum atomic E-state index is 13.6. The molecule has 1 aliphatic heterocycles. The number of benzene rings is 3. The molecule has 0 saturated carbocycles. The minimum absolute atomic E-state index is 0.111. The standard InChI is InChI=1S/C27H21F2N5O2/c1-27(28,29)26(36)32-22-14-24(35)33(25(22)18-7-3-2-4-8-18)20-10-11-23-19(13-20)16-31-34(23)21-9-5-6-17(12-21)15-30/h2-13,16,22,25H,14H2,1H3,(H,32,36)/t22-,25+/m0/s1. The Morgan fingerprint density at radius 1 is 1.08 bits per heavy atom. The number of hydrogen-bond acceptors (Lipinski definition) is 4. The summed E-state index contributed by atoms with van der Waals surface area (Å²) in [6.07, 6.45) is 1.55. The first kappa shape index (κ1) is 23.2. The minimum Gasteiger partial charge on any atom is -0.345 e. The van der Waals surface area contributed by atoms with Crippen molar-refractivity contribution in [1.82, 2.24) is 15.1 Å². The second kappa shape index (κ2) is 8.89. The van der Waals surface area contributed by atoms with Gasteiger partial charge in [-0.3, -0.25) is 9.59 Å². The van der Waals surface area contributed by atoms with Crippen LogP contribution in [0.2, 0.25) is 0 Å². The number of carbonyl (C=O) groups is 2. The predicted octanol–water partition coefficient (Wildman–Crippen LogP) is 4.52. The van der Waals surface area contributed by atoms with Crippen molar-refractivity contribution in [3.63, 3.8) is 0 Å². The Morgan fingerprint density at radius 3 is 2.58 bits per heavy atom. The number of anilines is 1. The van der Waals surface area contributed by atoms with Gasteiger partial charge in [-0.2, -0.15) is 19.1 Å². The molecule has 1 aliphatic rings. The van der Waals surface area contributed by atoms with Crippen molar-refractivity contribution in [1.29, 1.82) is 5.26 Å². The molecule has 0 bridgehead atoms. The average Bonchev–Trinajstić information content (AvgIpc) is 3.44. The summed E-state index contributed by atoms with van der Waals surface area (Å²) in [6.45, 7) is 0.534. The van der Waals surface area contributed by atoms with E-state index in [9.17, 15) is 23.6 Å². The number of fused-ring (bicyclic) bond motifs is 1. The van der Waals surface area contributed by atoms with Crippen LogP contribution in [0.4, 0.5) is 14.5 Å². The smallest absolute Gasteiger partial charge is 0.321 e. The van der Waals surface area contributed by atoms with Crippen LogP contribution in [-0.4, -0.2) is 33.6 Å². The number of amides is 2. The first-order valence-electron chi connectivity index (χ1n) is 11.3. The monoisotopic (exact) mass is 485 g/mol. The molecule has 180 valence electrons. The number of nitriles is 1. The van der Waals surface area contributed by atoms with Crippen LogP contribution < -0.4 is 10.2 Å². The lowest BCUT2D eigenvalue weighted by Gasteiger charge is -2.29. The molecular weight excluding hydrogens is 464 g/mol. The lowest BCUT2D eigenvalue weighted by atomic mass is 9.99. The van der Waals surface area contributed by atoms with Crippen LogP contribution in [-0.2, 0) is 9.59 Å². The molecule has 2 heterocycles. The molecule has 2 atom stereocenters. The molecule has 9 heteroatoms. The van der Waals surface area contributed by atoms with E-state index in [1.807, 2.05) is 18.2 Å². The van der Waals surface area contributed by atoms with Gasteiger partial charge in [0.05, 0.1) is 41.1 Å². The van der Waals surface area contributed by atoms with E-state index in [0.29, 0.717) is 18.2 Å². The van der Waals surface area contributed by atoms with E-state index in [4.69, 9.17) is 0 Å². The normalized spacial score (nSPS) is 17.8. The van der Waals surface area contributed by atoms with Gasteiger partial charge in [-0.25, -0.2) is 4.68 Å². The van der Waals surface area contributed by atoms with Gasteiger partial charge in [0.1, 0.15) is 0 Å². The number of aromatic nitrogens is 2. The molecule has 0 radical (unpaired) electrons. The van der Waals surface area contributed by atoms with Crippen molar-refractivity contribution in [3.8, 4) is 11.8 Å². The van der Waals surface area contributed by atoms with E-state index >= 15 is 0 Å². The number of hydrogen-bond donors (Lipinski definition) is 1. The summed E-state index contributed by atoms with van der Waals surface area (Å²) in [5.41, 5.74) is 3.28. The van der Waals surface area contributed by atoms with Gasteiger partial charge in [0.25, 0.3) is 5.91 Å². The highest BCUT2D eigenvalue weighted by atomic mass is 19.3. The second-order valence-electron chi connectivity index (χ2n) is 8.75. The molecule has 1 N–H and O–H groups in total. The van der Waals surface area contributed by atoms with Crippen molar-refractivity contribution in [2.75, 3.05) is 4.90 Å². The third-order valence-corrected chi connectivity index (χ3v) is 6.23. The van der Waals surface area contributed by atoms with Gasteiger partial charge in [0.15, 0.2) is 0 Å². The van der Waals surface area contributed by atoms with Gasteiger partial charge in [-0.05, 0) is 42.0 Å². The van der Waals surface area contributed by atoms with Crippen LogP contribution in [0.1, 0.15) is 30.5 Å². The fraction of sp³-hybridized carbons (Fsp3) is 0.185. The molecule has 7 nitrogen and oxygen atoms in total. The molecule has 4 aromatic rings. The Balaban J connectivity index is 1.54. The van der Waals surface area contributed by atoms with Crippen molar-refractivity contribution in [2.45, 2.75) is 31.4 Å². The van der Waals surface area contributed by atoms with Gasteiger partial charge >= 0.3 is 5.92 Å². The highest BCUT2D eigenvalue weighted by Crippen LogP contribution is 2.39. The van der Waals surface area contributed by atoms with Crippen molar-refractivity contribution in [3.05, 3.63) is 90.1 Å². The zero-order chi connectivity index (χ0) is 25.4. The maximum absolute atomic E-state index is 13.6. The Kier molecular flexibility index (Phi) is 5.72. The first-order valence-corrected chi connectivity index (χ1v) is 11.3. The molecule has 0 unspecified atom stereocenters. The van der Waals surface area contributed by atoms with Crippen molar-refractivity contribution in [2.24, 2.45) is 0 Å². The molecule has 0 aliphatic carbocycles. The quantitative estimate of drug-likeness (QED) is 0.450.